The lowest BCUT2D eigenvalue weighted by Crippen LogP contribution is -2.30. The first kappa shape index (κ1) is 16.1. The van der Waals surface area contributed by atoms with Crippen molar-refractivity contribution in [1.29, 1.82) is 0 Å². The van der Waals surface area contributed by atoms with E-state index in [1.807, 2.05) is 30.5 Å². The molecule has 0 saturated heterocycles. The van der Waals surface area contributed by atoms with E-state index in [1.54, 1.807) is 54.0 Å². The second-order valence-corrected chi connectivity index (χ2v) is 5.48. The van der Waals surface area contributed by atoms with Crippen LogP contribution in [0, 0.1) is 0 Å². The molecule has 0 aliphatic heterocycles. The van der Waals surface area contributed by atoms with Gasteiger partial charge in [0.05, 0.1) is 5.88 Å². The fourth-order valence-electron chi connectivity index (χ4n) is 2.08. The molecule has 0 saturated carbocycles. The molecule has 2 amide bonds. The fourth-order valence-corrected chi connectivity index (χ4v) is 2.60. The molecule has 0 atom stereocenters. The molecule has 4 nitrogen and oxygen atoms in total. The number of nitrogens with one attached hydrogen (secondary N) is 1. The molecule has 0 fully saturated rings. The normalized spacial score (nSPS) is 10.1. The topological polar surface area (TPSA) is 49.4 Å². The number of thioether (sulfide) groups is 1. The van der Waals surface area contributed by atoms with E-state index < -0.39 is 0 Å². The maximum Gasteiger partial charge on any atom is 0.259 e. The minimum absolute atomic E-state index is 0.0796. The van der Waals surface area contributed by atoms with Gasteiger partial charge >= 0.3 is 0 Å². The van der Waals surface area contributed by atoms with Crippen molar-refractivity contribution in [2.75, 3.05) is 24.1 Å². The highest BCUT2D eigenvalue weighted by atomic mass is 32.2. The Balaban J connectivity index is 2.36. The predicted octanol–water partition coefficient (Wildman–Crippen LogP) is 3.01. The molecule has 5 heteroatoms. The van der Waals surface area contributed by atoms with Gasteiger partial charge in [-0.1, -0.05) is 24.3 Å². The van der Waals surface area contributed by atoms with Crippen molar-refractivity contribution in [3.05, 3.63) is 65.7 Å². The van der Waals surface area contributed by atoms with Crippen LogP contribution in [0.15, 0.2) is 54.6 Å². The fraction of sp³-hybridized carbons (Fsp3) is 0.176. The van der Waals surface area contributed by atoms with Crippen molar-refractivity contribution in [2.45, 2.75) is 0 Å². The molecule has 2 aromatic rings. The van der Waals surface area contributed by atoms with E-state index in [0.29, 0.717) is 22.7 Å². The molecule has 0 spiro atoms. The molecule has 0 aliphatic rings. The second-order valence-electron chi connectivity index (χ2n) is 4.65. The SMILES string of the molecule is CNC(=O)c1cccc(N(CSC)C(=O)c2ccccc2)c1. The molecular weight excluding hydrogens is 296 g/mol. The van der Waals surface area contributed by atoms with Gasteiger partial charge in [-0.15, -0.1) is 11.8 Å². The molecule has 0 aliphatic carbocycles. The quantitative estimate of drug-likeness (QED) is 0.863. The smallest absolute Gasteiger partial charge is 0.259 e. The Morgan fingerprint density at radius 3 is 2.36 bits per heavy atom. The Morgan fingerprint density at radius 1 is 1.05 bits per heavy atom. The number of hydrogen-bond donors (Lipinski definition) is 1. The van der Waals surface area contributed by atoms with E-state index in [0.717, 1.165) is 0 Å². The molecule has 2 aromatic carbocycles. The van der Waals surface area contributed by atoms with Gasteiger partial charge in [0.2, 0.25) is 0 Å². The Kier molecular flexibility index (Phi) is 5.61. The van der Waals surface area contributed by atoms with Crippen molar-refractivity contribution in [3.8, 4) is 0 Å². The Bertz CT molecular complexity index is 659. The van der Waals surface area contributed by atoms with Gasteiger partial charge < -0.3 is 5.32 Å². The summed E-state index contributed by atoms with van der Waals surface area (Å²) in [6.07, 6.45) is 1.94. The maximum absolute atomic E-state index is 12.7. The van der Waals surface area contributed by atoms with Crippen LogP contribution in [-0.4, -0.2) is 31.0 Å². The van der Waals surface area contributed by atoms with E-state index >= 15 is 0 Å². The van der Waals surface area contributed by atoms with E-state index in [4.69, 9.17) is 0 Å². The number of anilines is 1. The molecule has 0 heterocycles. The summed E-state index contributed by atoms with van der Waals surface area (Å²) in [5.41, 5.74) is 1.87. The number of benzene rings is 2. The Hall–Kier alpha value is -2.27. The van der Waals surface area contributed by atoms with Crippen LogP contribution in [0.1, 0.15) is 20.7 Å². The highest BCUT2D eigenvalue weighted by Crippen LogP contribution is 2.21. The predicted molar refractivity (Wildman–Crippen MR) is 91.5 cm³/mol. The standard InChI is InChI=1S/C17H18N2O2S/c1-18-16(20)14-9-6-10-15(11-14)19(12-22-2)17(21)13-7-4-3-5-8-13/h3-11H,12H2,1-2H3,(H,18,20). The third kappa shape index (κ3) is 3.68. The minimum atomic E-state index is -0.168. The molecule has 114 valence electrons. The first-order valence-electron chi connectivity index (χ1n) is 6.85. The number of hydrogen-bond acceptors (Lipinski definition) is 3. The zero-order valence-corrected chi connectivity index (χ0v) is 13.4. The molecule has 0 bridgehead atoms. The zero-order valence-electron chi connectivity index (χ0n) is 12.6. The number of nitrogens with zero attached hydrogens (tertiary/aromatic N) is 1. The van der Waals surface area contributed by atoms with Gasteiger partial charge in [-0.05, 0) is 36.6 Å². The van der Waals surface area contributed by atoms with E-state index in [9.17, 15) is 9.59 Å². The third-order valence-corrected chi connectivity index (χ3v) is 3.69. The summed E-state index contributed by atoms with van der Waals surface area (Å²) >= 11 is 1.55. The summed E-state index contributed by atoms with van der Waals surface area (Å²) in [7, 11) is 1.59. The van der Waals surface area contributed by atoms with Crippen molar-refractivity contribution in [1.82, 2.24) is 5.32 Å². The van der Waals surface area contributed by atoms with Crippen molar-refractivity contribution < 1.29 is 9.59 Å². The van der Waals surface area contributed by atoms with Crippen LogP contribution in [0.4, 0.5) is 5.69 Å². The van der Waals surface area contributed by atoms with E-state index in [-0.39, 0.29) is 11.8 Å². The van der Waals surface area contributed by atoms with Gasteiger partial charge in [0.15, 0.2) is 0 Å². The van der Waals surface area contributed by atoms with Gasteiger partial charge in [-0.2, -0.15) is 0 Å². The first-order chi connectivity index (χ1) is 10.7. The Labute approximate surface area is 134 Å². The third-order valence-electron chi connectivity index (χ3n) is 3.17. The van der Waals surface area contributed by atoms with E-state index in [1.165, 1.54) is 0 Å². The van der Waals surface area contributed by atoms with Crippen LogP contribution in [0.25, 0.3) is 0 Å². The average Bonchev–Trinajstić information content (AvgIpc) is 2.59. The molecule has 1 N–H and O–H groups in total. The second kappa shape index (κ2) is 7.66. The van der Waals surface area contributed by atoms with Crippen LogP contribution >= 0.6 is 11.8 Å². The molecule has 0 unspecified atom stereocenters. The average molecular weight is 314 g/mol. The minimum Gasteiger partial charge on any atom is -0.355 e. The summed E-state index contributed by atoms with van der Waals surface area (Å²) < 4.78 is 0. The summed E-state index contributed by atoms with van der Waals surface area (Å²) in [5, 5.41) is 2.59. The largest absolute Gasteiger partial charge is 0.355 e. The van der Waals surface area contributed by atoms with Gasteiger partial charge in [0.25, 0.3) is 11.8 Å². The number of carbonyl (C=O) groups excluding carboxylic acids is 2. The first-order valence-corrected chi connectivity index (χ1v) is 8.24. The van der Waals surface area contributed by atoms with Gasteiger partial charge in [0, 0.05) is 23.9 Å². The number of rotatable bonds is 5. The summed E-state index contributed by atoms with van der Waals surface area (Å²) in [4.78, 5) is 26.1. The highest BCUT2D eigenvalue weighted by molar-refractivity contribution is 7.98. The number of amides is 2. The molecule has 0 radical (unpaired) electrons. The van der Waals surface area contributed by atoms with Crippen molar-refractivity contribution in [3.63, 3.8) is 0 Å². The lowest BCUT2D eigenvalue weighted by atomic mass is 10.1. The van der Waals surface area contributed by atoms with Crippen molar-refractivity contribution in [2.24, 2.45) is 0 Å². The molecule has 0 aromatic heterocycles. The van der Waals surface area contributed by atoms with Crippen LogP contribution < -0.4 is 10.2 Å². The molecule has 22 heavy (non-hydrogen) atoms. The van der Waals surface area contributed by atoms with Crippen LogP contribution in [0.2, 0.25) is 0 Å². The molecule has 2 rings (SSSR count). The highest BCUT2D eigenvalue weighted by Gasteiger charge is 2.18. The lowest BCUT2D eigenvalue weighted by Gasteiger charge is -2.22. The Morgan fingerprint density at radius 2 is 1.73 bits per heavy atom. The van der Waals surface area contributed by atoms with Crippen LogP contribution in [0.3, 0.4) is 0 Å². The zero-order chi connectivity index (χ0) is 15.9. The van der Waals surface area contributed by atoms with Gasteiger partial charge in [0.1, 0.15) is 0 Å². The van der Waals surface area contributed by atoms with Gasteiger partial charge in [-0.25, -0.2) is 0 Å². The monoisotopic (exact) mass is 314 g/mol. The molecular formula is C17H18N2O2S. The van der Waals surface area contributed by atoms with Crippen LogP contribution in [0.5, 0.6) is 0 Å². The van der Waals surface area contributed by atoms with Gasteiger partial charge in [-0.3, -0.25) is 14.5 Å². The van der Waals surface area contributed by atoms with E-state index in [2.05, 4.69) is 5.32 Å². The van der Waals surface area contributed by atoms with Crippen molar-refractivity contribution >= 4 is 29.3 Å². The van der Waals surface area contributed by atoms with Crippen LogP contribution in [-0.2, 0) is 0 Å². The lowest BCUT2D eigenvalue weighted by molar-refractivity contribution is 0.0959. The summed E-state index contributed by atoms with van der Waals surface area (Å²) in [6, 6.07) is 16.2. The summed E-state index contributed by atoms with van der Waals surface area (Å²) in [5.74, 6) is 0.271. The summed E-state index contributed by atoms with van der Waals surface area (Å²) in [6.45, 7) is 0. The maximum atomic E-state index is 12.7. The number of carbonyl (C=O) groups is 2.